The Balaban J connectivity index is 0.00000243. The summed E-state index contributed by atoms with van der Waals surface area (Å²) in [7, 11) is 0. The van der Waals surface area contributed by atoms with Crippen molar-refractivity contribution in [2.45, 2.75) is 32.2 Å². The zero-order valence-electron chi connectivity index (χ0n) is 14.2. The average molecular weight is 399 g/mol. The van der Waals surface area contributed by atoms with Crippen molar-refractivity contribution in [3.8, 4) is 11.3 Å². The molecule has 1 aliphatic rings. The zero-order chi connectivity index (χ0) is 17.8. The second-order valence-corrected chi connectivity index (χ2v) is 6.76. The Morgan fingerprint density at radius 3 is 2.77 bits per heavy atom. The average Bonchev–Trinajstić information content (AvgIpc) is 3.03. The first-order valence-electron chi connectivity index (χ1n) is 8.10. The Bertz CT molecular complexity index is 793. The third kappa shape index (κ3) is 5.00. The Labute approximate surface area is 161 Å². The molecule has 9 heteroatoms. The van der Waals surface area contributed by atoms with E-state index >= 15 is 0 Å². The molecule has 26 heavy (non-hydrogen) atoms. The first-order chi connectivity index (χ1) is 12.0. The fraction of sp³-hybridized carbons (Fsp3) is 0.353. The maximum atomic E-state index is 14.3. The molecule has 1 fully saturated rings. The van der Waals surface area contributed by atoms with Crippen molar-refractivity contribution in [1.29, 1.82) is 0 Å². The van der Waals surface area contributed by atoms with Crippen molar-refractivity contribution in [1.82, 2.24) is 10.3 Å². The van der Waals surface area contributed by atoms with Crippen LogP contribution in [0.3, 0.4) is 0 Å². The van der Waals surface area contributed by atoms with Crippen molar-refractivity contribution in [3.63, 3.8) is 0 Å². The van der Waals surface area contributed by atoms with E-state index in [0.29, 0.717) is 22.1 Å². The van der Waals surface area contributed by atoms with E-state index in [1.165, 1.54) is 24.3 Å². The second kappa shape index (κ2) is 9.07. The number of hydrogen-bond acceptors (Lipinski definition) is 5. The predicted octanol–water partition coefficient (Wildman–Crippen LogP) is 3.41. The molecule has 1 saturated heterocycles. The molecule has 0 radical (unpaired) electrons. The van der Waals surface area contributed by atoms with Crippen LogP contribution in [0.25, 0.3) is 11.3 Å². The van der Waals surface area contributed by atoms with E-state index in [9.17, 15) is 14.0 Å². The number of amides is 2. The summed E-state index contributed by atoms with van der Waals surface area (Å²) in [4.78, 5) is 27.5. The van der Waals surface area contributed by atoms with Gasteiger partial charge in [-0.05, 0) is 37.6 Å². The van der Waals surface area contributed by atoms with Crippen LogP contribution in [0.5, 0.6) is 0 Å². The molecule has 2 heterocycles. The summed E-state index contributed by atoms with van der Waals surface area (Å²) in [6.07, 6.45) is 2.92. The number of nitrogens with one attached hydrogen (secondary N) is 3. The van der Waals surface area contributed by atoms with Crippen LogP contribution in [0.2, 0.25) is 0 Å². The third-order valence-electron chi connectivity index (χ3n) is 3.93. The van der Waals surface area contributed by atoms with E-state index in [4.69, 9.17) is 0 Å². The molecule has 0 spiro atoms. The van der Waals surface area contributed by atoms with Gasteiger partial charge in [-0.3, -0.25) is 9.59 Å². The Morgan fingerprint density at radius 2 is 2.12 bits per heavy atom. The topological polar surface area (TPSA) is 83.1 Å². The Morgan fingerprint density at radius 1 is 1.31 bits per heavy atom. The maximum Gasteiger partial charge on any atom is 0.243 e. The first kappa shape index (κ1) is 20.3. The molecule has 0 saturated carbocycles. The standard InChI is InChI=1S/C17H19FN4O2S.ClH/c1-10(23)20-11-5-6-12(13(18)8-11)15-9-25-17(21-15)22-16(24)14-4-2-3-7-19-14;/h5-6,8-9,14,19H,2-4,7H2,1H3,(H,20,23)(H,21,22,24);1H. The number of halogens is 2. The highest BCUT2D eigenvalue weighted by molar-refractivity contribution is 7.14. The predicted molar refractivity (Wildman–Crippen MR) is 103 cm³/mol. The number of rotatable bonds is 4. The monoisotopic (exact) mass is 398 g/mol. The number of thiazole rings is 1. The molecule has 3 N–H and O–H groups in total. The lowest BCUT2D eigenvalue weighted by Gasteiger charge is -2.21. The van der Waals surface area contributed by atoms with Crippen molar-refractivity contribution >= 4 is 46.4 Å². The number of anilines is 2. The van der Waals surface area contributed by atoms with Crippen LogP contribution < -0.4 is 16.0 Å². The lowest BCUT2D eigenvalue weighted by Crippen LogP contribution is -2.43. The lowest BCUT2D eigenvalue weighted by molar-refractivity contribution is -0.118. The van der Waals surface area contributed by atoms with Gasteiger partial charge in [0.05, 0.1) is 11.7 Å². The van der Waals surface area contributed by atoms with Gasteiger partial charge in [-0.25, -0.2) is 9.37 Å². The van der Waals surface area contributed by atoms with Gasteiger partial charge in [0.15, 0.2) is 5.13 Å². The number of piperidine rings is 1. The van der Waals surface area contributed by atoms with Gasteiger partial charge in [-0.15, -0.1) is 23.7 Å². The quantitative estimate of drug-likeness (QED) is 0.737. The van der Waals surface area contributed by atoms with Gasteiger partial charge in [-0.2, -0.15) is 0 Å². The van der Waals surface area contributed by atoms with Crippen molar-refractivity contribution in [3.05, 3.63) is 29.4 Å². The van der Waals surface area contributed by atoms with Gasteiger partial charge in [0, 0.05) is 23.6 Å². The molecular formula is C17H20ClFN4O2S. The number of carbonyl (C=O) groups excluding carboxylic acids is 2. The molecule has 2 amide bonds. The fourth-order valence-corrected chi connectivity index (χ4v) is 3.44. The van der Waals surface area contributed by atoms with Gasteiger partial charge in [0.1, 0.15) is 5.82 Å². The largest absolute Gasteiger partial charge is 0.326 e. The first-order valence-corrected chi connectivity index (χ1v) is 8.98. The summed E-state index contributed by atoms with van der Waals surface area (Å²) in [6.45, 7) is 2.20. The van der Waals surface area contributed by atoms with E-state index in [1.807, 2.05) is 0 Å². The van der Waals surface area contributed by atoms with Crippen LogP contribution in [-0.2, 0) is 9.59 Å². The highest BCUT2D eigenvalue weighted by Crippen LogP contribution is 2.29. The Hall–Kier alpha value is -2.03. The molecule has 2 aromatic rings. The van der Waals surface area contributed by atoms with Crippen molar-refractivity contribution in [2.75, 3.05) is 17.2 Å². The van der Waals surface area contributed by atoms with Crippen LogP contribution in [-0.4, -0.2) is 29.4 Å². The number of benzene rings is 1. The van der Waals surface area contributed by atoms with Gasteiger partial charge < -0.3 is 16.0 Å². The summed E-state index contributed by atoms with van der Waals surface area (Å²) in [5.41, 5.74) is 1.16. The van der Waals surface area contributed by atoms with E-state index in [1.54, 1.807) is 17.5 Å². The van der Waals surface area contributed by atoms with Crippen molar-refractivity contribution in [2.24, 2.45) is 0 Å². The molecule has 3 rings (SSSR count). The number of aromatic nitrogens is 1. The normalized spacial score (nSPS) is 16.5. The van der Waals surface area contributed by atoms with E-state index in [-0.39, 0.29) is 30.3 Å². The van der Waals surface area contributed by atoms with Crippen LogP contribution in [0, 0.1) is 5.82 Å². The molecule has 0 aliphatic carbocycles. The SMILES string of the molecule is CC(=O)Nc1ccc(-c2csc(NC(=O)C3CCCCN3)n2)c(F)c1.Cl. The minimum Gasteiger partial charge on any atom is -0.326 e. The van der Waals surface area contributed by atoms with Gasteiger partial charge in [0.25, 0.3) is 0 Å². The minimum atomic E-state index is -0.483. The molecule has 6 nitrogen and oxygen atoms in total. The van der Waals surface area contributed by atoms with Crippen LogP contribution in [0.4, 0.5) is 15.2 Å². The van der Waals surface area contributed by atoms with E-state index < -0.39 is 5.82 Å². The molecule has 1 atom stereocenters. The summed E-state index contributed by atoms with van der Waals surface area (Å²) >= 11 is 1.25. The van der Waals surface area contributed by atoms with E-state index in [0.717, 1.165) is 25.8 Å². The molecule has 1 aliphatic heterocycles. The van der Waals surface area contributed by atoms with Crippen molar-refractivity contribution < 1.29 is 14.0 Å². The van der Waals surface area contributed by atoms with Crippen LogP contribution >= 0.6 is 23.7 Å². The summed E-state index contributed by atoms with van der Waals surface area (Å²) < 4.78 is 14.3. The number of hydrogen-bond donors (Lipinski definition) is 3. The number of nitrogens with zero attached hydrogens (tertiary/aromatic N) is 1. The maximum absolute atomic E-state index is 14.3. The van der Waals surface area contributed by atoms with Gasteiger partial charge in [-0.1, -0.05) is 6.42 Å². The highest BCUT2D eigenvalue weighted by atomic mass is 35.5. The molecule has 140 valence electrons. The summed E-state index contributed by atoms with van der Waals surface area (Å²) in [6, 6.07) is 4.22. The smallest absolute Gasteiger partial charge is 0.243 e. The van der Waals surface area contributed by atoms with E-state index in [2.05, 4.69) is 20.9 Å². The fourth-order valence-electron chi connectivity index (χ4n) is 2.73. The Kier molecular flexibility index (Phi) is 7.07. The molecular weight excluding hydrogens is 379 g/mol. The molecule has 1 aromatic heterocycles. The van der Waals surface area contributed by atoms with Gasteiger partial charge >= 0.3 is 0 Å². The molecule has 1 unspecified atom stereocenters. The van der Waals surface area contributed by atoms with Crippen LogP contribution in [0.1, 0.15) is 26.2 Å². The molecule has 0 bridgehead atoms. The van der Waals surface area contributed by atoms with Gasteiger partial charge in [0.2, 0.25) is 11.8 Å². The summed E-state index contributed by atoms with van der Waals surface area (Å²) in [5, 5.41) is 10.6. The highest BCUT2D eigenvalue weighted by Gasteiger charge is 2.21. The summed E-state index contributed by atoms with van der Waals surface area (Å²) in [5.74, 6) is -0.854. The molecule has 1 aromatic carbocycles. The number of carbonyl (C=O) groups is 2. The zero-order valence-corrected chi connectivity index (χ0v) is 15.8. The second-order valence-electron chi connectivity index (χ2n) is 5.91. The third-order valence-corrected chi connectivity index (χ3v) is 4.68. The lowest BCUT2D eigenvalue weighted by atomic mass is 10.0. The minimum absolute atomic E-state index is 0. The van der Waals surface area contributed by atoms with Crippen LogP contribution in [0.15, 0.2) is 23.6 Å².